The van der Waals surface area contributed by atoms with E-state index in [1.807, 2.05) is 59.3 Å². The number of rotatable bonds is 7. The maximum atomic E-state index is 13.8. The molecule has 0 bridgehead atoms. The predicted molar refractivity (Wildman–Crippen MR) is 160 cm³/mol. The standard InChI is InChI=1S/C34H28N4O3/c1-34(2,28-17-16-24-10-6-7-11-26(24)18-28)38-31-29(32(39)35-21-22-12-14-25(15-13-22)33(40)41)19-27(20-30(31)36-37-38)23-8-4-3-5-9-23/h3-20H,21H2,1-2H3,(H,35,39)(H,40,41). The van der Waals surface area contributed by atoms with E-state index in [0.717, 1.165) is 33.0 Å². The van der Waals surface area contributed by atoms with Crippen molar-refractivity contribution in [2.45, 2.75) is 25.9 Å². The third kappa shape index (κ3) is 4.94. The molecule has 202 valence electrons. The molecule has 5 aromatic carbocycles. The van der Waals surface area contributed by atoms with E-state index in [9.17, 15) is 14.7 Å². The Morgan fingerprint density at radius 1 is 0.805 bits per heavy atom. The summed E-state index contributed by atoms with van der Waals surface area (Å²) >= 11 is 0. The molecule has 0 fully saturated rings. The SMILES string of the molecule is CC(C)(c1ccc2ccccc2c1)n1nnc2cc(-c3ccccc3)cc(C(=O)NCc3ccc(C(=O)O)cc3)c21. The molecule has 6 aromatic rings. The van der Waals surface area contributed by atoms with E-state index in [1.54, 1.807) is 12.1 Å². The van der Waals surface area contributed by atoms with Crippen molar-refractivity contribution < 1.29 is 14.7 Å². The van der Waals surface area contributed by atoms with Gasteiger partial charge in [0.2, 0.25) is 0 Å². The van der Waals surface area contributed by atoms with Gasteiger partial charge in [-0.15, -0.1) is 5.10 Å². The zero-order valence-corrected chi connectivity index (χ0v) is 22.7. The monoisotopic (exact) mass is 540 g/mol. The molecule has 0 aliphatic heterocycles. The van der Waals surface area contributed by atoms with Crippen LogP contribution in [0.3, 0.4) is 0 Å². The van der Waals surface area contributed by atoms with Crippen LogP contribution in [0.1, 0.15) is 45.7 Å². The second-order valence-corrected chi connectivity index (χ2v) is 10.6. The number of nitrogens with zero attached hydrogens (tertiary/aromatic N) is 3. The van der Waals surface area contributed by atoms with Gasteiger partial charge >= 0.3 is 5.97 Å². The van der Waals surface area contributed by atoms with Gasteiger partial charge in [-0.2, -0.15) is 0 Å². The number of aromatic carboxylic acids is 1. The third-order valence-corrected chi connectivity index (χ3v) is 7.53. The van der Waals surface area contributed by atoms with Crippen molar-refractivity contribution >= 4 is 33.7 Å². The summed E-state index contributed by atoms with van der Waals surface area (Å²) in [4.78, 5) is 25.0. The van der Waals surface area contributed by atoms with E-state index in [4.69, 9.17) is 0 Å². The van der Waals surface area contributed by atoms with Crippen LogP contribution < -0.4 is 5.32 Å². The summed E-state index contributed by atoms with van der Waals surface area (Å²) in [6.45, 7) is 4.38. The molecule has 2 N–H and O–H groups in total. The lowest BCUT2D eigenvalue weighted by Gasteiger charge is -2.27. The number of hydrogen-bond donors (Lipinski definition) is 2. The van der Waals surface area contributed by atoms with Gasteiger partial charge in [0.25, 0.3) is 5.91 Å². The highest BCUT2D eigenvalue weighted by Gasteiger charge is 2.29. The average molecular weight is 541 g/mol. The fourth-order valence-corrected chi connectivity index (χ4v) is 5.15. The molecule has 7 heteroatoms. The first-order valence-corrected chi connectivity index (χ1v) is 13.4. The number of carbonyl (C=O) groups is 2. The summed E-state index contributed by atoms with van der Waals surface area (Å²) in [6, 6.07) is 34.7. The van der Waals surface area contributed by atoms with Crippen LogP contribution in [0.2, 0.25) is 0 Å². The zero-order valence-electron chi connectivity index (χ0n) is 22.7. The Labute approximate surface area is 237 Å². The molecule has 0 spiro atoms. The van der Waals surface area contributed by atoms with Crippen molar-refractivity contribution in [3.63, 3.8) is 0 Å². The number of hydrogen-bond acceptors (Lipinski definition) is 4. The van der Waals surface area contributed by atoms with Crippen molar-refractivity contribution in [3.05, 3.63) is 131 Å². The molecule has 1 heterocycles. The van der Waals surface area contributed by atoms with Crippen molar-refractivity contribution in [1.29, 1.82) is 0 Å². The Kier molecular flexibility index (Phi) is 6.55. The molecule has 41 heavy (non-hydrogen) atoms. The van der Waals surface area contributed by atoms with Gasteiger partial charge in [-0.3, -0.25) is 4.79 Å². The summed E-state index contributed by atoms with van der Waals surface area (Å²) < 4.78 is 1.83. The van der Waals surface area contributed by atoms with Gasteiger partial charge in [-0.05, 0) is 77.2 Å². The number of aromatic nitrogens is 3. The number of amides is 1. The number of carboxylic acids is 1. The van der Waals surface area contributed by atoms with E-state index >= 15 is 0 Å². The predicted octanol–water partition coefficient (Wildman–Crippen LogP) is 6.66. The third-order valence-electron chi connectivity index (χ3n) is 7.53. The first-order valence-electron chi connectivity index (χ1n) is 13.4. The molecule has 6 rings (SSSR count). The van der Waals surface area contributed by atoms with Gasteiger partial charge in [0, 0.05) is 6.54 Å². The highest BCUT2D eigenvalue weighted by molar-refractivity contribution is 6.06. The Hall–Kier alpha value is -5.30. The minimum Gasteiger partial charge on any atom is -0.478 e. The number of carbonyl (C=O) groups excluding carboxylic acids is 1. The quantitative estimate of drug-likeness (QED) is 0.236. The summed E-state index contributed by atoms with van der Waals surface area (Å²) in [7, 11) is 0. The Morgan fingerprint density at radius 2 is 1.51 bits per heavy atom. The zero-order chi connectivity index (χ0) is 28.6. The summed E-state index contributed by atoms with van der Waals surface area (Å²) in [5, 5.41) is 23.6. The summed E-state index contributed by atoms with van der Waals surface area (Å²) in [5.41, 5.74) is 4.97. The molecular formula is C34H28N4O3. The van der Waals surface area contributed by atoms with Crippen LogP contribution in [0, 0.1) is 0 Å². The van der Waals surface area contributed by atoms with Gasteiger partial charge in [-0.25, -0.2) is 9.48 Å². The van der Waals surface area contributed by atoms with Gasteiger partial charge in [0.05, 0.1) is 16.7 Å². The topological polar surface area (TPSA) is 97.1 Å². The van der Waals surface area contributed by atoms with E-state index in [2.05, 4.69) is 59.8 Å². The van der Waals surface area contributed by atoms with Gasteiger partial charge < -0.3 is 10.4 Å². The lowest BCUT2D eigenvalue weighted by molar-refractivity contribution is 0.0696. The lowest BCUT2D eigenvalue weighted by atomic mass is 9.91. The van der Waals surface area contributed by atoms with Crippen LogP contribution in [0.15, 0.2) is 109 Å². The second-order valence-electron chi connectivity index (χ2n) is 10.6. The largest absolute Gasteiger partial charge is 0.478 e. The van der Waals surface area contributed by atoms with Crippen molar-refractivity contribution in [2.24, 2.45) is 0 Å². The maximum absolute atomic E-state index is 13.8. The van der Waals surface area contributed by atoms with Gasteiger partial charge in [0.1, 0.15) is 11.0 Å². The Morgan fingerprint density at radius 3 is 2.24 bits per heavy atom. The minimum absolute atomic E-state index is 0.197. The molecule has 1 amide bonds. The second kappa shape index (κ2) is 10.4. The number of benzene rings is 5. The molecule has 0 unspecified atom stereocenters. The number of carboxylic acid groups (broad SMARTS) is 1. The van der Waals surface area contributed by atoms with Gasteiger partial charge in [-0.1, -0.05) is 84.1 Å². The number of nitrogens with one attached hydrogen (secondary N) is 1. The van der Waals surface area contributed by atoms with Crippen LogP contribution in [0.25, 0.3) is 32.9 Å². The maximum Gasteiger partial charge on any atom is 0.335 e. The molecule has 1 aromatic heterocycles. The van der Waals surface area contributed by atoms with E-state index < -0.39 is 11.5 Å². The minimum atomic E-state index is -0.990. The summed E-state index contributed by atoms with van der Waals surface area (Å²) in [5.74, 6) is -1.26. The molecule has 0 aliphatic carbocycles. The fourth-order valence-electron chi connectivity index (χ4n) is 5.15. The highest BCUT2D eigenvalue weighted by Crippen LogP contribution is 2.34. The first kappa shape index (κ1) is 26.0. The Bertz CT molecular complexity index is 1910. The summed E-state index contributed by atoms with van der Waals surface area (Å²) in [6.07, 6.45) is 0. The molecule has 0 saturated carbocycles. The first-order chi connectivity index (χ1) is 19.8. The highest BCUT2D eigenvalue weighted by atomic mass is 16.4. The lowest BCUT2D eigenvalue weighted by Crippen LogP contribution is -2.30. The molecule has 0 radical (unpaired) electrons. The molecule has 0 saturated heterocycles. The van der Waals surface area contributed by atoms with E-state index in [0.29, 0.717) is 16.6 Å². The van der Waals surface area contributed by atoms with Crippen molar-refractivity contribution in [1.82, 2.24) is 20.3 Å². The van der Waals surface area contributed by atoms with Crippen molar-refractivity contribution in [3.8, 4) is 11.1 Å². The molecular weight excluding hydrogens is 512 g/mol. The van der Waals surface area contributed by atoms with Crippen LogP contribution >= 0.6 is 0 Å². The van der Waals surface area contributed by atoms with Crippen LogP contribution in [-0.4, -0.2) is 32.0 Å². The molecule has 0 atom stereocenters. The van der Waals surface area contributed by atoms with Gasteiger partial charge in [0.15, 0.2) is 0 Å². The molecule has 7 nitrogen and oxygen atoms in total. The van der Waals surface area contributed by atoms with E-state index in [1.165, 1.54) is 12.1 Å². The Balaban J connectivity index is 1.43. The smallest absolute Gasteiger partial charge is 0.335 e. The van der Waals surface area contributed by atoms with Crippen LogP contribution in [0.4, 0.5) is 0 Å². The van der Waals surface area contributed by atoms with Crippen molar-refractivity contribution in [2.75, 3.05) is 0 Å². The normalized spacial score (nSPS) is 11.6. The average Bonchev–Trinajstić information content (AvgIpc) is 3.45. The van der Waals surface area contributed by atoms with Crippen LogP contribution in [-0.2, 0) is 12.1 Å². The van der Waals surface area contributed by atoms with E-state index in [-0.39, 0.29) is 18.0 Å². The number of fused-ring (bicyclic) bond motifs is 2. The fraction of sp³-hybridized carbons (Fsp3) is 0.118. The van der Waals surface area contributed by atoms with Crippen LogP contribution in [0.5, 0.6) is 0 Å². The molecule has 0 aliphatic rings.